The minimum Gasteiger partial charge on any atom is -0.394 e. The largest absolute Gasteiger partial charge is 0.394 e. The van der Waals surface area contributed by atoms with Crippen LogP contribution in [0.4, 0.5) is 0 Å². The first-order valence-electron chi connectivity index (χ1n) is 18.1. The van der Waals surface area contributed by atoms with Gasteiger partial charge in [-0.05, 0) is 6.42 Å². The maximum absolute atomic E-state index is 10.8. The molecule has 0 aromatic rings. The Labute approximate surface area is 305 Å². The second-order valence-electron chi connectivity index (χ2n) is 13.8. The molecule has 4 heterocycles. The molecule has 4 fully saturated rings. The van der Waals surface area contributed by atoms with Gasteiger partial charge in [-0.2, -0.15) is 0 Å². The number of unbranched alkanes of at least 4 members (excludes halogenated alkanes) is 5. The normalized spacial score (nSPS) is 42.7. The fourth-order valence-corrected chi connectivity index (χ4v) is 6.70. The van der Waals surface area contributed by atoms with Crippen LogP contribution in [0.3, 0.4) is 0 Å². The number of ether oxygens (including phenoxy) is 8. The first kappa shape index (κ1) is 44.9. The van der Waals surface area contributed by atoms with Gasteiger partial charge in [0, 0.05) is 6.61 Å². The van der Waals surface area contributed by atoms with E-state index in [1.807, 2.05) is 0 Å². The van der Waals surface area contributed by atoms with Crippen molar-refractivity contribution in [3.8, 4) is 0 Å². The van der Waals surface area contributed by atoms with Crippen molar-refractivity contribution in [3.05, 3.63) is 0 Å². The summed E-state index contributed by atoms with van der Waals surface area (Å²) in [7, 11) is 0. The zero-order valence-electron chi connectivity index (χ0n) is 29.4. The molecule has 0 bridgehead atoms. The van der Waals surface area contributed by atoms with Crippen molar-refractivity contribution < 1.29 is 104 Å². The summed E-state index contributed by atoms with van der Waals surface area (Å²) in [4.78, 5) is 0. The molecular formula is C32H58O21. The fraction of sp³-hybridized carbons (Fsp3) is 1.00. The van der Waals surface area contributed by atoms with Crippen LogP contribution in [0.25, 0.3) is 0 Å². The van der Waals surface area contributed by atoms with E-state index in [0.717, 1.165) is 32.1 Å². The molecule has 0 saturated carbocycles. The van der Waals surface area contributed by atoms with Gasteiger partial charge in [0.25, 0.3) is 0 Å². The fourth-order valence-electron chi connectivity index (χ4n) is 6.70. The summed E-state index contributed by atoms with van der Waals surface area (Å²) in [5, 5.41) is 134. The summed E-state index contributed by atoms with van der Waals surface area (Å²) in [5.74, 6) is 0. The van der Waals surface area contributed by atoms with Crippen LogP contribution in [0.5, 0.6) is 0 Å². The molecule has 4 saturated heterocycles. The van der Waals surface area contributed by atoms with Gasteiger partial charge in [-0.15, -0.1) is 0 Å². The van der Waals surface area contributed by atoms with Gasteiger partial charge in [-0.25, -0.2) is 0 Å². The molecule has 20 atom stereocenters. The predicted octanol–water partition coefficient (Wildman–Crippen LogP) is -6.36. The van der Waals surface area contributed by atoms with Crippen molar-refractivity contribution in [2.45, 2.75) is 168 Å². The number of aliphatic hydroxyl groups is 13. The molecule has 4 aliphatic heterocycles. The summed E-state index contributed by atoms with van der Waals surface area (Å²) in [6.07, 6.45) is -25.8. The SMILES string of the molecule is CCCCCCCCO[C@@H]1O[C@@H]([C@@H](CO)O[C@@H]2O[C@@H]([C@@H](CO)O[C@@H]3O[C@@H]([C@H](O)CO[C@@H]4O[C@@H]([C@H](O)CO)[C@H](O)[C@H]4O)[C@H](O)[C@H]3O)[C@H](O)[C@H]2O)[C@H](O)[C@H]1O. The molecule has 21 nitrogen and oxygen atoms in total. The summed E-state index contributed by atoms with van der Waals surface area (Å²) < 4.78 is 44.1. The first-order chi connectivity index (χ1) is 25.3. The smallest absolute Gasteiger partial charge is 0.187 e. The lowest BCUT2D eigenvalue weighted by atomic mass is 10.0. The maximum Gasteiger partial charge on any atom is 0.187 e. The van der Waals surface area contributed by atoms with Crippen molar-refractivity contribution >= 4 is 0 Å². The summed E-state index contributed by atoms with van der Waals surface area (Å²) >= 11 is 0. The molecule has 0 aliphatic carbocycles. The van der Waals surface area contributed by atoms with Gasteiger partial charge < -0.3 is 104 Å². The molecule has 0 amide bonds. The van der Waals surface area contributed by atoms with Gasteiger partial charge >= 0.3 is 0 Å². The Bertz CT molecular complexity index is 1050. The highest BCUT2D eigenvalue weighted by molar-refractivity contribution is 4.97. The van der Waals surface area contributed by atoms with Crippen molar-refractivity contribution in [1.82, 2.24) is 0 Å². The number of aliphatic hydroxyl groups excluding tert-OH is 13. The Hall–Kier alpha value is -0.840. The second kappa shape index (κ2) is 21.1. The van der Waals surface area contributed by atoms with Crippen LogP contribution < -0.4 is 0 Å². The summed E-state index contributed by atoms with van der Waals surface area (Å²) in [6, 6.07) is 0. The van der Waals surface area contributed by atoms with Crippen LogP contribution in [-0.4, -0.2) is 222 Å². The Balaban J connectivity index is 1.28. The van der Waals surface area contributed by atoms with E-state index in [4.69, 9.17) is 43.0 Å². The van der Waals surface area contributed by atoms with E-state index in [1.165, 1.54) is 0 Å². The monoisotopic (exact) mass is 778 g/mol. The zero-order chi connectivity index (χ0) is 39.0. The lowest BCUT2D eigenvalue weighted by Gasteiger charge is -2.29. The predicted molar refractivity (Wildman–Crippen MR) is 171 cm³/mol. The second-order valence-corrected chi connectivity index (χ2v) is 13.8. The molecule has 4 aliphatic rings. The van der Waals surface area contributed by atoms with Crippen LogP contribution in [0, 0.1) is 0 Å². The van der Waals surface area contributed by atoms with Crippen molar-refractivity contribution in [2.24, 2.45) is 0 Å². The Kier molecular flexibility index (Phi) is 17.8. The number of hydrogen-bond acceptors (Lipinski definition) is 21. The Morgan fingerprint density at radius 1 is 0.453 bits per heavy atom. The molecule has 0 aromatic carbocycles. The third kappa shape index (κ3) is 10.8. The average molecular weight is 779 g/mol. The molecule has 312 valence electrons. The molecule has 4 rings (SSSR count). The van der Waals surface area contributed by atoms with Gasteiger partial charge in [-0.1, -0.05) is 39.0 Å². The van der Waals surface area contributed by atoms with Crippen LogP contribution >= 0.6 is 0 Å². The summed E-state index contributed by atoms with van der Waals surface area (Å²) in [5.41, 5.74) is 0. The highest BCUT2D eigenvalue weighted by Crippen LogP contribution is 2.34. The van der Waals surface area contributed by atoms with E-state index < -0.39 is 149 Å². The topological polar surface area (TPSA) is 337 Å². The minimum atomic E-state index is -1.83. The van der Waals surface area contributed by atoms with E-state index in [1.54, 1.807) is 0 Å². The highest BCUT2D eigenvalue weighted by atomic mass is 16.8. The van der Waals surface area contributed by atoms with E-state index in [-0.39, 0.29) is 6.61 Å². The Morgan fingerprint density at radius 3 is 1.36 bits per heavy atom. The van der Waals surface area contributed by atoms with Crippen molar-refractivity contribution in [3.63, 3.8) is 0 Å². The van der Waals surface area contributed by atoms with Crippen LogP contribution in [-0.2, 0) is 37.9 Å². The van der Waals surface area contributed by atoms with E-state index in [2.05, 4.69) is 6.92 Å². The third-order valence-electron chi connectivity index (χ3n) is 9.89. The van der Waals surface area contributed by atoms with Crippen LogP contribution in [0.2, 0.25) is 0 Å². The van der Waals surface area contributed by atoms with Gasteiger partial charge in [0.05, 0.1) is 26.4 Å². The molecule has 21 heteroatoms. The quantitative estimate of drug-likeness (QED) is 0.0455. The molecular weight excluding hydrogens is 720 g/mol. The maximum atomic E-state index is 10.8. The van der Waals surface area contributed by atoms with Gasteiger partial charge in [-0.3, -0.25) is 0 Å². The van der Waals surface area contributed by atoms with Crippen LogP contribution in [0.15, 0.2) is 0 Å². The van der Waals surface area contributed by atoms with Gasteiger partial charge in [0.15, 0.2) is 25.2 Å². The molecule has 13 N–H and O–H groups in total. The molecule has 53 heavy (non-hydrogen) atoms. The lowest BCUT2D eigenvalue weighted by molar-refractivity contribution is -0.262. The van der Waals surface area contributed by atoms with E-state index >= 15 is 0 Å². The van der Waals surface area contributed by atoms with E-state index in [0.29, 0.717) is 6.42 Å². The standard InChI is InChI=1S/C32H58O21/c1-2-3-4-5-6-7-8-46-29-22(43)19(40)27(52-29)15(10-34)49-32-24(45)20(41)28(53-32)16(11-35)48-31-23(44)18(39)26(51-31)14(37)12-47-30-21(42)17(38)25(50-30)13(36)9-33/h13-45H,2-12H2,1H3/t13-,14-,15-,16-,17-,18-,19-,20-,21-,22-,23-,24-,25+,26+,27+,28+,29-,30-,31-,32-/m1/s1. The highest BCUT2D eigenvalue weighted by Gasteiger charge is 2.54. The average Bonchev–Trinajstić information content (AvgIpc) is 3.81. The Morgan fingerprint density at radius 2 is 0.849 bits per heavy atom. The third-order valence-corrected chi connectivity index (χ3v) is 9.89. The first-order valence-corrected chi connectivity index (χ1v) is 18.1. The van der Waals surface area contributed by atoms with Crippen LogP contribution in [0.1, 0.15) is 45.4 Å². The van der Waals surface area contributed by atoms with E-state index in [9.17, 15) is 61.3 Å². The molecule has 0 spiro atoms. The summed E-state index contributed by atoms with van der Waals surface area (Å²) in [6.45, 7) is -0.769. The number of rotatable bonds is 22. The number of hydrogen-bond donors (Lipinski definition) is 13. The van der Waals surface area contributed by atoms with Crippen molar-refractivity contribution in [1.29, 1.82) is 0 Å². The zero-order valence-corrected chi connectivity index (χ0v) is 29.4. The van der Waals surface area contributed by atoms with Gasteiger partial charge in [0.2, 0.25) is 0 Å². The molecule has 0 aromatic heterocycles. The molecule has 0 unspecified atom stereocenters. The minimum absolute atomic E-state index is 0.256. The lowest BCUT2D eigenvalue weighted by Crippen LogP contribution is -2.46. The molecule has 0 radical (unpaired) electrons. The van der Waals surface area contributed by atoms with Crippen molar-refractivity contribution in [2.75, 3.05) is 33.0 Å². The van der Waals surface area contributed by atoms with Gasteiger partial charge in [0.1, 0.15) is 97.7 Å².